The van der Waals surface area contributed by atoms with E-state index >= 15 is 0 Å². The van der Waals surface area contributed by atoms with Crippen molar-refractivity contribution in [1.82, 2.24) is 14.8 Å². The van der Waals surface area contributed by atoms with Gasteiger partial charge in [0.05, 0.1) is 23.3 Å². The molecule has 9 heteroatoms. The summed E-state index contributed by atoms with van der Waals surface area (Å²) < 4.78 is 61.9. The van der Waals surface area contributed by atoms with Crippen LogP contribution in [-0.4, -0.2) is 60.6 Å². The number of carbonyl (C=O) groups is 1. The van der Waals surface area contributed by atoms with E-state index < -0.39 is 17.2 Å². The SMILES string of the molecule is COCC1(c2nc3c(cc2C(F)(F)F)CN(C=O)CC3)CCN(C2CCC(c3ccc(F)cc3)CC2)C1. The average molecular weight is 520 g/mol. The van der Waals surface area contributed by atoms with Crippen molar-refractivity contribution in [2.45, 2.75) is 68.6 Å². The van der Waals surface area contributed by atoms with Gasteiger partial charge in [-0.3, -0.25) is 14.7 Å². The van der Waals surface area contributed by atoms with Crippen LogP contribution in [0.15, 0.2) is 30.3 Å². The quantitative estimate of drug-likeness (QED) is 0.395. The summed E-state index contributed by atoms with van der Waals surface area (Å²) in [6, 6.07) is 8.22. The van der Waals surface area contributed by atoms with E-state index in [0.717, 1.165) is 31.2 Å². The lowest BCUT2D eigenvalue weighted by molar-refractivity contribution is -0.139. The van der Waals surface area contributed by atoms with Crippen LogP contribution in [0.2, 0.25) is 0 Å². The van der Waals surface area contributed by atoms with Gasteiger partial charge in [-0.05, 0) is 73.9 Å². The van der Waals surface area contributed by atoms with E-state index in [9.17, 15) is 22.4 Å². The first-order chi connectivity index (χ1) is 17.7. The zero-order valence-corrected chi connectivity index (χ0v) is 21.1. The van der Waals surface area contributed by atoms with Crippen LogP contribution in [0.1, 0.15) is 66.1 Å². The minimum atomic E-state index is -4.55. The molecule has 3 heterocycles. The smallest absolute Gasteiger partial charge is 0.384 e. The number of carbonyl (C=O) groups excluding carboxylic acids is 1. The summed E-state index contributed by atoms with van der Waals surface area (Å²) in [5, 5.41) is 0. The van der Waals surface area contributed by atoms with Crippen LogP contribution in [0.5, 0.6) is 0 Å². The molecule has 5 nitrogen and oxygen atoms in total. The van der Waals surface area contributed by atoms with E-state index in [-0.39, 0.29) is 24.7 Å². The topological polar surface area (TPSA) is 45.7 Å². The fraction of sp³-hybridized carbons (Fsp3) is 0.571. The zero-order valence-electron chi connectivity index (χ0n) is 21.1. The zero-order chi connectivity index (χ0) is 26.2. The first-order valence-electron chi connectivity index (χ1n) is 13.0. The van der Waals surface area contributed by atoms with Crippen molar-refractivity contribution in [1.29, 1.82) is 0 Å². The Hall–Kier alpha value is -2.52. The highest BCUT2D eigenvalue weighted by Crippen LogP contribution is 2.45. The van der Waals surface area contributed by atoms with E-state index in [0.29, 0.717) is 62.1 Å². The van der Waals surface area contributed by atoms with Gasteiger partial charge in [0.15, 0.2) is 0 Å². The van der Waals surface area contributed by atoms with Crippen LogP contribution in [0.3, 0.4) is 0 Å². The summed E-state index contributed by atoms with van der Waals surface area (Å²) in [5.41, 5.74) is 0.798. The van der Waals surface area contributed by atoms with Crippen molar-refractivity contribution in [3.05, 3.63) is 64.2 Å². The van der Waals surface area contributed by atoms with Crippen LogP contribution >= 0.6 is 0 Å². The molecule has 2 aromatic rings. The number of pyridine rings is 1. The third-order valence-electron chi connectivity index (χ3n) is 8.52. The average Bonchev–Trinajstić information content (AvgIpc) is 3.33. The first kappa shape index (κ1) is 26.1. The number of alkyl halides is 3. The van der Waals surface area contributed by atoms with Crippen LogP contribution in [0, 0.1) is 5.82 Å². The number of fused-ring (bicyclic) bond motifs is 1. The molecule has 1 atom stereocenters. The Bertz CT molecular complexity index is 1120. The number of benzene rings is 1. The Morgan fingerprint density at radius 1 is 1.14 bits per heavy atom. The molecule has 1 unspecified atom stereocenters. The second-order valence-electron chi connectivity index (χ2n) is 10.8. The minimum Gasteiger partial charge on any atom is -0.384 e. The highest BCUT2D eigenvalue weighted by Gasteiger charge is 2.49. The van der Waals surface area contributed by atoms with Gasteiger partial charge in [0, 0.05) is 44.9 Å². The molecule has 200 valence electrons. The Morgan fingerprint density at radius 2 is 1.86 bits per heavy atom. The maximum absolute atomic E-state index is 14.3. The Labute approximate surface area is 214 Å². The van der Waals surface area contributed by atoms with Gasteiger partial charge in [0.1, 0.15) is 5.82 Å². The molecule has 1 aromatic heterocycles. The van der Waals surface area contributed by atoms with Gasteiger partial charge in [0.2, 0.25) is 6.41 Å². The molecule has 2 fully saturated rings. The third-order valence-corrected chi connectivity index (χ3v) is 8.52. The minimum absolute atomic E-state index is 0.0858. The van der Waals surface area contributed by atoms with Crippen molar-refractivity contribution < 1.29 is 27.1 Å². The number of halogens is 4. The van der Waals surface area contributed by atoms with Crippen molar-refractivity contribution in [3.63, 3.8) is 0 Å². The Morgan fingerprint density at radius 3 is 2.51 bits per heavy atom. The summed E-state index contributed by atoms with van der Waals surface area (Å²) in [4.78, 5) is 19.7. The molecule has 1 saturated carbocycles. The molecule has 3 aliphatic rings. The summed E-state index contributed by atoms with van der Waals surface area (Å²) in [6.45, 7) is 1.95. The second kappa shape index (κ2) is 10.3. The van der Waals surface area contributed by atoms with Crippen molar-refractivity contribution >= 4 is 6.41 Å². The first-order valence-corrected chi connectivity index (χ1v) is 13.0. The maximum atomic E-state index is 14.3. The van der Waals surface area contributed by atoms with Gasteiger partial charge in [-0.15, -0.1) is 0 Å². The molecule has 1 aromatic carbocycles. The lowest BCUT2D eigenvalue weighted by Crippen LogP contribution is -2.42. The van der Waals surface area contributed by atoms with Gasteiger partial charge >= 0.3 is 6.18 Å². The fourth-order valence-electron chi connectivity index (χ4n) is 6.59. The molecule has 0 bridgehead atoms. The molecule has 37 heavy (non-hydrogen) atoms. The predicted molar refractivity (Wildman–Crippen MR) is 131 cm³/mol. The Balaban J connectivity index is 1.38. The molecule has 2 aliphatic heterocycles. The van der Waals surface area contributed by atoms with Crippen LogP contribution in [-0.2, 0) is 34.1 Å². The molecule has 5 rings (SSSR count). The normalized spacial score (nSPS) is 26.8. The molecular weight excluding hydrogens is 486 g/mol. The summed E-state index contributed by atoms with van der Waals surface area (Å²) in [6.07, 6.45) is 0.975. The van der Waals surface area contributed by atoms with E-state index in [1.807, 2.05) is 12.1 Å². The number of rotatable bonds is 6. The highest BCUT2D eigenvalue weighted by molar-refractivity contribution is 5.49. The monoisotopic (exact) mass is 519 g/mol. The number of amides is 1. The fourth-order valence-corrected chi connectivity index (χ4v) is 6.59. The lowest BCUT2D eigenvalue weighted by atomic mass is 9.79. The van der Waals surface area contributed by atoms with Crippen molar-refractivity contribution in [2.24, 2.45) is 0 Å². The van der Waals surface area contributed by atoms with Crippen LogP contribution < -0.4 is 0 Å². The molecule has 1 aliphatic carbocycles. The lowest BCUT2D eigenvalue weighted by Gasteiger charge is -2.37. The van der Waals surface area contributed by atoms with E-state index in [4.69, 9.17) is 4.74 Å². The molecule has 1 saturated heterocycles. The number of ether oxygens (including phenoxy) is 1. The van der Waals surface area contributed by atoms with Gasteiger partial charge in [-0.25, -0.2) is 4.39 Å². The Kier molecular flexibility index (Phi) is 7.29. The summed E-state index contributed by atoms with van der Waals surface area (Å²) in [5.74, 6) is 0.146. The number of hydrogen-bond acceptors (Lipinski definition) is 4. The molecule has 0 radical (unpaired) electrons. The standard InChI is InChI=1S/C28H33F4N3O2/c1-37-17-27(26-24(28(30,31)32)14-21-15-34(18-36)12-10-25(21)33-26)11-13-35(16-27)23-8-4-20(5-9-23)19-2-6-22(29)7-3-19/h2-3,6-7,14,18,20,23H,4-5,8-13,15-17H2,1H3. The molecule has 0 N–H and O–H groups in total. The summed E-state index contributed by atoms with van der Waals surface area (Å²) in [7, 11) is 1.53. The van der Waals surface area contributed by atoms with Gasteiger partial charge in [0.25, 0.3) is 0 Å². The van der Waals surface area contributed by atoms with Gasteiger partial charge in [-0.2, -0.15) is 13.2 Å². The van der Waals surface area contributed by atoms with Crippen molar-refractivity contribution in [3.8, 4) is 0 Å². The molecule has 0 spiro atoms. The van der Waals surface area contributed by atoms with E-state index in [1.54, 1.807) is 0 Å². The third kappa shape index (κ3) is 5.25. The van der Waals surface area contributed by atoms with Crippen LogP contribution in [0.25, 0.3) is 0 Å². The number of likely N-dealkylation sites (tertiary alicyclic amines) is 1. The number of methoxy groups -OCH3 is 1. The van der Waals surface area contributed by atoms with Crippen LogP contribution in [0.4, 0.5) is 17.6 Å². The maximum Gasteiger partial charge on any atom is 0.418 e. The highest BCUT2D eigenvalue weighted by atomic mass is 19.4. The number of aromatic nitrogens is 1. The number of nitrogens with zero attached hydrogens (tertiary/aromatic N) is 3. The largest absolute Gasteiger partial charge is 0.418 e. The second-order valence-corrected chi connectivity index (χ2v) is 10.8. The van der Waals surface area contributed by atoms with Gasteiger partial charge in [-0.1, -0.05) is 12.1 Å². The predicted octanol–water partition coefficient (Wildman–Crippen LogP) is 5.07. The van der Waals surface area contributed by atoms with Gasteiger partial charge < -0.3 is 9.64 Å². The molecular formula is C28H33F4N3O2. The van der Waals surface area contributed by atoms with E-state index in [1.165, 1.54) is 30.2 Å². The van der Waals surface area contributed by atoms with Crippen molar-refractivity contribution in [2.75, 3.05) is 33.4 Å². The van der Waals surface area contributed by atoms with E-state index in [2.05, 4.69) is 9.88 Å². The molecule has 1 amide bonds. The number of hydrogen-bond donors (Lipinski definition) is 0. The summed E-state index contributed by atoms with van der Waals surface area (Å²) >= 11 is 0.